The van der Waals surface area contributed by atoms with Gasteiger partial charge < -0.3 is 19.7 Å². The molecule has 2 rings (SSSR count). The quantitative estimate of drug-likeness (QED) is 0.862. The van der Waals surface area contributed by atoms with E-state index in [0.29, 0.717) is 30.3 Å². The van der Waals surface area contributed by atoms with Crippen LogP contribution in [0.2, 0.25) is 0 Å². The minimum absolute atomic E-state index is 0.385. The van der Waals surface area contributed by atoms with Crippen LogP contribution in [-0.4, -0.2) is 29.5 Å². The highest BCUT2D eigenvalue weighted by molar-refractivity contribution is 5.44. The second-order valence-corrected chi connectivity index (χ2v) is 6.01. The molecule has 0 saturated heterocycles. The molecule has 106 valence electrons. The number of benzene rings is 1. The summed E-state index contributed by atoms with van der Waals surface area (Å²) >= 11 is 0. The number of hydrogen-bond donors (Lipinski definition) is 2. The summed E-state index contributed by atoms with van der Waals surface area (Å²) in [7, 11) is 0. The van der Waals surface area contributed by atoms with Gasteiger partial charge in [-0.05, 0) is 23.1 Å². The van der Waals surface area contributed by atoms with E-state index in [4.69, 9.17) is 9.47 Å². The van der Waals surface area contributed by atoms with Crippen LogP contribution in [0.5, 0.6) is 11.5 Å². The summed E-state index contributed by atoms with van der Waals surface area (Å²) in [4.78, 5) is 0. The van der Waals surface area contributed by atoms with Crippen molar-refractivity contribution >= 4 is 0 Å². The van der Waals surface area contributed by atoms with Crippen molar-refractivity contribution in [1.82, 2.24) is 0 Å². The van der Waals surface area contributed by atoms with E-state index in [0.717, 1.165) is 6.42 Å². The van der Waals surface area contributed by atoms with Gasteiger partial charge in [-0.2, -0.15) is 0 Å². The van der Waals surface area contributed by atoms with Crippen LogP contribution in [0.1, 0.15) is 38.9 Å². The molecule has 2 atom stereocenters. The van der Waals surface area contributed by atoms with Crippen LogP contribution in [0.4, 0.5) is 0 Å². The molecule has 19 heavy (non-hydrogen) atoms. The first-order chi connectivity index (χ1) is 8.89. The molecule has 2 unspecified atom stereocenters. The lowest BCUT2D eigenvalue weighted by atomic mass is 9.83. The molecule has 1 aromatic rings. The van der Waals surface area contributed by atoms with E-state index in [9.17, 15) is 10.2 Å². The maximum Gasteiger partial charge on any atom is 0.161 e. The number of aliphatic hydroxyl groups is 2. The largest absolute Gasteiger partial charge is 0.490 e. The maximum atomic E-state index is 10.3. The van der Waals surface area contributed by atoms with E-state index in [2.05, 4.69) is 0 Å². The number of ether oxygens (including phenoxy) is 2. The van der Waals surface area contributed by atoms with Crippen molar-refractivity contribution in [3.05, 3.63) is 23.8 Å². The zero-order chi connectivity index (χ0) is 14.0. The highest BCUT2D eigenvalue weighted by atomic mass is 16.5. The normalized spacial score (nSPS) is 18.6. The molecule has 0 bridgehead atoms. The van der Waals surface area contributed by atoms with Crippen molar-refractivity contribution in [3.8, 4) is 11.5 Å². The van der Waals surface area contributed by atoms with E-state index in [1.807, 2.05) is 20.8 Å². The fourth-order valence-electron chi connectivity index (χ4n) is 2.02. The summed E-state index contributed by atoms with van der Waals surface area (Å²) in [5.74, 6) is 1.33. The summed E-state index contributed by atoms with van der Waals surface area (Å²) in [6.07, 6.45) is -0.925. The first kappa shape index (κ1) is 14.2. The third-order valence-electron chi connectivity index (χ3n) is 3.30. The van der Waals surface area contributed by atoms with Crippen LogP contribution in [0.25, 0.3) is 0 Å². The lowest BCUT2D eigenvalue weighted by molar-refractivity contribution is -0.0459. The molecule has 0 spiro atoms. The summed E-state index contributed by atoms with van der Waals surface area (Å²) in [6, 6.07) is 5.31. The minimum Gasteiger partial charge on any atom is -0.490 e. The second kappa shape index (κ2) is 5.39. The fourth-order valence-corrected chi connectivity index (χ4v) is 2.02. The first-order valence-corrected chi connectivity index (χ1v) is 6.65. The number of rotatable bonds is 2. The minimum atomic E-state index is -0.933. The predicted octanol–water partition coefficient (Wildman–Crippen LogP) is 2.29. The van der Waals surface area contributed by atoms with Gasteiger partial charge in [0.2, 0.25) is 0 Å². The van der Waals surface area contributed by atoms with Gasteiger partial charge in [0, 0.05) is 6.42 Å². The molecule has 0 aliphatic carbocycles. The molecule has 4 nitrogen and oxygen atoms in total. The topological polar surface area (TPSA) is 58.9 Å². The Hall–Kier alpha value is -1.26. The fraction of sp³-hybridized carbons (Fsp3) is 0.600. The lowest BCUT2D eigenvalue weighted by Crippen LogP contribution is -2.32. The molecule has 0 amide bonds. The van der Waals surface area contributed by atoms with Crippen molar-refractivity contribution in [2.75, 3.05) is 13.2 Å². The van der Waals surface area contributed by atoms with Gasteiger partial charge in [-0.15, -0.1) is 0 Å². The Morgan fingerprint density at radius 1 is 1.05 bits per heavy atom. The highest BCUT2D eigenvalue weighted by Gasteiger charge is 2.30. The molecule has 0 saturated carbocycles. The molecule has 1 aliphatic rings. The van der Waals surface area contributed by atoms with E-state index in [1.165, 1.54) is 0 Å². The van der Waals surface area contributed by atoms with E-state index >= 15 is 0 Å². The summed E-state index contributed by atoms with van der Waals surface area (Å²) in [5, 5.41) is 20.4. The van der Waals surface area contributed by atoms with Gasteiger partial charge in [-0.25, -0.2) is 0 Å². The Bertz CT molecular complexity index is 436. The van der Waals surface area contributed by atoms with Crippen LogP contribution < -0.4 is 9.47 Å². The Morgan fingerprint density at radius 2 is 1.68 bits per heavy atom. The van der Waals surface area contributed by atoms with Crippen molar-refractivity contribution in [1.29, 1.82) is 0 Å². The smallest absolute Gasteiger partial charge is 0.161 e. The standard InChI is InChI=1S/C15H22O4/c1-15(2,3)14(17)13(16)10-5-6-11-12(9-10)19-8-4-7-18-11/h5-6,9,13-14,16-17H,4,7-8H2,1-3H3. The van der Waals surface area contributed by atoms with Crippen molar-refractivity contribution in [2.24, 2.45) is 5.41 Å². The highest BCUT2D eigenvalue weighted by Crippen LogP contribution is 2.35. The zero-order valence-electron chi connectivity index (χ0n) is 11.7. The maximum absolute atomic E-state index is 10.3. The van der Waals surface area contributed by atoms with Crippen LogP contribution in [0.15, 0.2) is 18.2 Å². The van der Waals surface area contributed by atoms with Gasteiger partial charge in [0.25, 0.3) is 0 Å². The van der Waals surface area contributed by atoms with Gasteiger partial charge in [0.1, 0.15) is 6.10 Å². The molecular weight excluding hydrogens is 244 g/mol. The Labute approximate surface area is 114 Å². The molecule has 2 N–H and O–H groups in total. The molecule has 1 aliphatic heterocycles. The Balaban J connectivity index is 2.24. The zero-order valence-corrected chi connectivity index (χ0v) is 11.7. The Kier molecular flexibility index (Phi) is 4.02. The van der Waals surface area contributed by atoms with Gasteiger partial charge in [0.15, 0.2) is 11.5 Å². The number of fused-ring (bicyclic) bond motifs is 1. The molecule has 0 fully saturated rings. The van der Waals surface area contributed by atoms with Crippen LogP contribution in [-0.2, 0) is 0 Å². The third-order valence-corrected chi connectivity index (χ3v) is 3.30. The Morgan fingerprint density at radius 3 is 2.32 bits per heavy atom. The second-order valence-electron chi connectivity index (χ2n) is 6.01. The van der Waals surface area contributed by atoms with Gasteiger partial charge in [0.05, 0.1) is 19.3 Å². The van der Waals surface area contributed by atoms with Gasteiger partial charge in [-0.3, -0.25) is 0 Å². The SMILES string of the molecule is CC(C)(C)C(O)C(O)c1ccc2c(c1)OCCCO2. The first-order valence-electron chi connectivity index (χ1n) is 6.65. The molecule has 1 heterocycles. The van der Waals surface area contributed by atoms with Crippen molar-refractivity contribution in [3.63, 3.8) is 0 Å². The summed E-state index contributed by atoms with van der Waals surface area (Å²) in [6.45, 7) is 6.92. The van der Waals surface area contributed by atoms with E-state index in [-0.39, 0.29) is 5.41 Å². The average molecular weight is 266 g/mol. The van der Waals surface area contributed by atoms with Crippen molar-refractivity contribution in [2.45, 2.75) is 39.4 Å². The number of aliphatic hydroxyl groups excluding tert-OH is 2. The lowest BCUT2D eigenvalue weighted by Gasteiger charge is -2.30. The number of hydrogen-bond acceptors (Lipinski definition) is 4. The summed E-state index contributed by atoms with van der Waals surface area (Å²) in [5.41, 5.74) is 0.260. The molecule has 0 radical (unpaired) electrons. The van der Waals surface area contributed by atoms with Gasteiger partial charge >= 0.3 is 0 Å². The van der Waals surface area contributed by atoms with E-state index in [1.54, 1.807) is 18.2 Å². The monoisotopic (exact) mass is 266 g/mol. The predicted molar refractivity (Wildman–Crippen MR) is 72.5 cm³/mol. The molecule has 1 aromatic carbocycles. The van der Waals surface area contributed by atoms with E-state index < -0.39 is 12.2 Å². The van der Waals surface area contributed by atoms with Crippen molar-refractivity contribution < 1.29 is 19.7 Å². The van der Waals surface area contributed by atoms with Gasteiger partial charge in [-0.1, -0.05) is 26.8 Å². The third kappa shape index (κ3) is 3.19. The summed E-state index contributed by atoms with van der Waals surface area (Å²) < 4.78 is 11.1. The van der Waals surface area contributed by atoms with Crippen LogP contribution in [0, 0.1) is 5.41 Å². The average Bonchev–Trinajstić information content (AvgIpc) is 2.60. The van der Waals surface area contributed by atoms with Crippen LogP contribution in [0.3, 0.4) is 0 Å². The molecule has 4 heteroatoms. The molecular formula is C15H22O4. The van der Waals surface area contributed by atoms with Crippen LogP contribution >= 0.6 is 0 Å². The molecule has 0 aromatic heterocycles.